The van der Waals surface area contributed by atoms with Crippen LogP contribution < -0.4 is 0 Å². The van der Waals surface area contributed by atoms with Crippen LogP contribution in [0.1, 0.15) is 12.8 Å². The molecule has 0 unspecified atom stereocenters. The molecule has 0 bridgehead atoms. The summed E-state index contributed by atoms with van der Waals surface area (Å²) in [4.78, 5) is 10.3. The maximum Gasteiger partial charge on any atom is 0.306 e. The van der Waals surface area contributed by atoms with E-state index in [4.69, 9.17) is 5.11 Å². The lowest BCUT2D eigenvalue weighted by molar-refractivity contribution is -0.144. The van der Waals surface area contributed by atoms with Crippen LogP contribution in [0.3, 0.4) is 0 Å². The molecule has 0 spiro atoms. The Balaban J connectivity index is 2.48. The highest BCUT2D eigenvalue weighted by atomic mass is 32.2. The summed E-state index contributed by atoms with van der Waals surface area (Å²) in [5, 5.41) is 8.01. The van der Waals surface area contributed by atoms with Gasteiger partial charge in [-0.2, -0.15) is 0 Å². The molecule has 0 atom stereocenters. The summed E-state index contributed by atoms with van der Waals surface area (Å²) in [5.41, 5.74) is 0. The molecule has 1 saturated carbocycles. The molecule has 1 aliphatic carbocycles. The molecule has 0 aromatic rings. The van der Waals surface area contributed by atoms with E-state index < -0.39 is 27.0 Å². The van der Waals surface area contributed by atoms with Crippen LogP contribution in [0.2, 0.25) is 0 Å². The average molecular weight is 178 g/mol. The predicted octanol–water partition coefficient (Wildman–Crippen LogP) is -0.106. The normalized spacial score (nSPS) is 31.0. The van der Waals surface area contributed by atoms with Gasteiger partial charge in [0.05, 0.1) is 11.2 Å². The Labute approximate surface area is 65.1 Å². The highest BCUT2D eigenvalue weighted by Gasteiger charge is 2.40. The summed E-state index contributed by atoms with van der Waals surface area (Å²) < 4.78 is 21.6. The van der Waals surface area contributed by atoms with Crippen molar-refractivity contribution in [3.8, 4) is 0 Å². The Morgan fingerprint density at radius 2 is 1.91 bits per heavy atom. The van der Waals surface area contributed by atoms with Crippen molar-refractivity contribution in [3.63, 3.8) is 0 Å². The molecule has 0 saturated heterocycles. The summed E-state index contributed by atoms with van der Waals surface area (Å²) >= 11 is 0. The Bertz CT molecular complexity index is 260. The minimum Gasteiger partial charge on any atom is -0.481 e. The Kier molecular flexibility index (Phi) is 1.92. The number of sulfone groups is 1. The molecule has 4 nitrogen and oxygen atoms in total. The summed E-state index contributed by atoms with van der Waals surface area (Å²) in [6.45, 7) is 0. The first-order chi connectivity index (χ1) is 4.91. The van der Waals surface area contributed by atoms with Crippen LogP contribution in [-0.2, 0) is 14.6 Å². The average Bonchev–Trinajstić information content (AvgIpc) is 1.51. The van der Waals surface area contributed by atoms with Gasteiger partial charge in [0.1, 0.15) is 9.84 Å². The summed E-state index contributed by atoms with van der Waals surface area (Å²) in [6.07, 6.45) is 1.72. The SMILES string of the molecule is CS(=O)(=O)[C@H]1C[C@H](C(=O)O)C1. The number of carboxylic acids is 1. The molecular weight excluding hydrogens is 168 g/mol. The van der Waals surface area contributed by atoms with Crippen LogP contribution >= 0.6 is 0 Å². The Hall–Kier alpha value is -0.580. The fourth-order valence-corrected chi connectivity index (χ4v) is 2.28. The second-order valence-corrected chi connectivity index (χ2v) is 5.28. The van der Waals surface area contributed by atoms with Gasteiger partial charge in [0.2, 0.25) is 0 Å². The molecule has 0 aliphatic heterocycles. The van der Waals surface area contributed by atoms with Crippen molar-refractivity contribution in [2.45, 2.75) is 18.1 Å². The van der Waals surface area contributed by atoms with Crippen LogP contribution in [0.15, 0.2) is 0 Å². The number of rotatable bonds is 2. The van der Waals surface area contributed by atoms with Crippen molar-refractivity contribution in [3.05, 3.63) is 0 Å². The zero-order valence-electron chi connectivity index (χ0n) is 6.15. The molecule has 0 radical (unpaired) electrons. The van der Waals surface area contributed by atoms with Gasteiger partial charge in [0, 0.05) is 6.26 Å². The molecule has 0 aromatic carbocycles. The minimum absolute atomic E-state index is 0.286. The molecule has 1 fully saturated rings. The standard InChI is InChI=1S/C6H10O4S/c1-11(9,10)5-2-4(3-5)6(7)8/h4-5H,2-3H2,1H3,(H,7,8)/t4-,5-. The molecule has 5 heteroatoms. The molecule has 1 aliphatic rings. The van der Waals surface area contributed by atoms with Gasteiger partial charge in [-0.25, -0.2) is 8.42 Å². The van der Waals surface area contributed by atoms with Gasteiger partial charge in [0.25, 0.3) is 0 Å². The third-order valence-electron chi connectivity index (χ3n) is 2.05. The second-order valence-electron chi connectivity index (χ2n) is 2.96. The Morgan fingerprint density at radius 3 is 2.18 bits per heavy atom. The first-order valence-electron chi connectivity index (χ1n) is 3.33. The quantitative estimate of drug-likeness (QED) is 0.640. The molecule has 11 heavy (non-hydrogen) atoms. The van der Waals surface area contributed by atoms with Crippen molar-refractivity contribution in [2.24, 2.45) is 5.92 Å². The lowest BCUT2D eigenvalue weighted by Gasteiger charge is -2.30. The molecule has 0 amide bonds. The fraction of sp³-hybridized carbons (Fsp3) is 0.833. The van der Waals surface area contributed by atoms with Gasteiger partial charge in [-0.3, -0.25) is 4.79 Å². The van der Waals surface area contributed by atoms with Crippen molar-refractivity contribution in [1.29, 1.82) is 0 Å². The van der Waals surface area contributed by atoms with E-state index in [9.17, 15) is 13.2 Å². The largest absolute Gasteiger partial charge is 0.481 e. The van der Waals surface area contributed by atoms with Gasteiger partial charge >= 0.3 is 5.97 Å². The van der Waals surface area contributed by atoms with Crippen molar-refractivity contribution in [2.75, 3.05) is 6.26 Å². The minimum atomic E-state index is -3.00. The number of aliphatic carboxylic acids is 1. The van der Waals surface area contributed by atoms with Crippen LogP contribution in [0.4, 0.5) is 0 Å². The zero-order valence-corrected chi connectivity index (χ0v) is 6.97. The van der Waals surface area contributed by atoms with E-state index in [1.54, 1.807) is 0 Å². The molecule has 0 heterocycles. The summed E-state index contributed by atoms with van der Waals surface area (Å²) in [6, 6.07) is 0. The van der Waals surface area contributed by atoms with E-state index in [0.29, 0.717) is 0 Å². The predicted molar refractivity (Wildman–Crippen MR) is 39.0 cm³/mol. The molecule has 1 rings (SSSR count). The highest BCUT2D eigenvalue weighted by Crippen LogP contribution is 2.32. The topological polar surface area (TPSA) is 71.4 Å². The lowest BCUT2D eigenvalue weighted by Crippen LogP contribution is -2.39. The van der Waals surface area contributed by atoms with E-state index in [0.717, 1.165) is 6.26 Å². The van der Waals surface area contributed by atoms with Crippen LogP contribution in [-0.4, -0.2) is 31.0 Å². The zero-order chi connectivity index (χ0) is 8.65. The first kappa shape index (κ1) is 8.52. The fourth-order valence-electron chi connectivity index (χ4n) is 1.12. The molecular formula is C6H10O4S. The number of hydrogen-bond donors (Lipinski definition) is 1. The monoisotopic (exact) mass is 178 g/mol. The van der Waals surface area contributed by atoms with Crippen LogP contribution in [0, 0.1) is 5.92 Å². The van der Waals surface area contributed by atoms with Gasteiger partial charge in [-0.1, -0.05) is 0 Å². The number of hydrogen-bond acceptors (Lipinski definition) is 3. The van der Waals surface area contributed by atoms with E-state index in [1.165, 1.54) is 0 Å². The second kappa shape index (κ2) is 2.48. The number of carbonyl (C=O) groups is 1. The van der Waals surface area contributed by atoms with Gasteiger partial charge < -0.3 is 5.11 Å². The van der Waals surface area contributed by atoms with E-state index in [1.807, 2.05) is 0 Å². The molecule has 64 valence electrons. The number of carboxylic acid groups (broad SMARTS) is 1. The third-order valence-corrected chi connectivity index (χ3v) is 3.65. The van der Waals surface area contributed by atoms with Crippen LogP contribution in [0.25, 0.3) is 0 Å². The van der Waals surface area contributed by atoms with Gasteiger partial charge in [-0.15, -0.1) is 0 Å². The van der Waals surface area contributed by atoms with Crippen LogP contribution in [0.5, 0.6) is 0 Å². The first-order valence-corrected chi connectivity index (χ1v) is 5.28. The highest BCUT2D eigenvalue weighted by molar-refractivity contribution is 7.91. The van der Waals surface area contributed by atoms with Gasteiger partial charge in [-0.05, 0) is 12.8 Å². The van der Waals surface area contributed by atoms with Gasteiger partial charge in [0.15, 0.2) is 0 Å². The molecule has 1 N–H and O–H groups in total. The summed E-state index contributed by atoms with van der Waals surface area (Å²) in [5.74, 6) is -1.32. The smallest absolute Gasteiger partial charge is 0.306 e. The van der Waals surface area contributed by atoms with E-state index in [-0.39, 0.29) is 12.8 Å². The van der Waals surface area contributed by atoms with Crippen molar-refractivity contribution >= 4 is 15.8 Å². The van der Waals surface area contributed by atoms with E-state index in [2.05, 4.69) is 0 Å². The third kappa shape index (κ3) is 1.71. The Morgan fingerprint density at radius 1 is 1.45 bits per heavy atom. The van der Waals surface area contributed by atoms with Crippen molar-refractivity contribution in [1.82, 2.24) is 0 Å². The maximum atomic E-state index is 10.8. The summed E-state index contributed by atoms with van der Waals surface area (Å²) in [7, 11) is -3.00. The maximum absolute atomic E-state index is 10.8. The van der Waals surface area contributed by atoms with E-state index >= 15 is 0 Å². The molecule has 0 aromatic heterocycles. The lowest BCUT2D eigenvalue weighted by atomic mass is 9.85. The van der Waals surface area contributed by atoms with Crippen molar-refractivity contribution < 1.29 is 18.3 Å².